The van der Waals surface area contributed by atoms with Crippen LogP contribution in [0.1, 0.15) is 16.1 Å². The van der Waals surface area contributed by atoms with Crippen LogP contribution in [0.25, 0.3) is 22.3 Å². The molecular weight excluding hydrogens is 507 g/mol. The maximum absolute atomic E-state index is 15.1. The number of carbonyl (C=O) groups is 1. The van der Waals surface area contributed by atoms with Gasteiger partial charge in [0.05, 0.1) is 36.7 Å². The maximum Gasteiger partial charge on any atom is 0.261 e. The third-order valence-corrected chi connectivity index (χ3v) is 5.99. The second kappa shape index (κ2) is 10.2. The summed E-state index contributed by atoms with van der Waals surface area (Å²) in [5.74, 6) is -0.898. The summed E-state index contributed by atoms with van der Waals surface area (Å²) in [5.41, 5.74) is 2.38. The number of hydrogen-bond donors (Lipinski definition) is 2. The van der Waals surface area contributed by atoms with E-state index in [0.29, 0.717) is 33.7 Å². The number of aromatic hydroxyl groups is 1. The number of hydrogen-bond acceptors (Lipinski definition) is 9. The van der Waals surface area contributed by atoms with E-state index in [-0.39, 0.29) is 34.4 Å². The topological polar surface area (TPSA) is 134 Å². The summed E-state index contributed by atoms with van der Waals surface area (Å²) in [6.45, 7) is 1.71. The number of nitrogens with one attached hydrogen (secondary N) is 1. The monoisotopic (exact) mass is 530 g/mol. The Labute approximate surface area is 221 Å². The second-order valence-electron chi connectivity index (χ2n) is 8.40. The van der Waals surface area contributed by atoms with Crippen LogP contribution in [0, 0.1) is 12.7 Å². The van der Waals surface area contributed by atoms with Crippen molar-refractivity contribution in [3.63, 3.8) is 0 Å². The Morgan fingerprint density at radius 3 is 2.54 bits per heavy atom. The van der Waals surface area contributed by atoms with Gasteiger partial charge in [-0.2, -0.15) is 5.10 Å². The fourth-order valence-electron chi connectivity index (χ4n) is 4.05. The lowest BCUT2D eigenvalue weighted by Crippen LogP contribution is -2.14. The van der Waals surface area contributed by atoms with Gasteiger partial charge in [-0.15, -0.1) is 0 Å². The van der Waals surface area contributed by atoms with E-state index in [9.17, 15) is 9.90 Å². The molecule has 2 N–H and O–H groups in total. The second-order valence-corrected chi connectivity index (χ2v) is 8.40. The molecule has 39 heavy (non-hydrogen) atoms. The van der Waals surface area contributed by atoms with Crippen LogP contribution in [0.15, 0.2) is 55.0 Å². The van der Waals surface area contributed by atoms with Crippen molar-refractivity contribution in [1.82, 2.24) is 24.7 Å². The smallest absolute Gasteiger partial charge is 0.261 e. The summed E-state index contributed by atoms with van der Waals surface area (Å²) in [4.78, 5) is 25.8. The van der Waals surface area contributed by atoms with Crippen LogP contribution >= 0.6 is 0 Å². The number of benzene rings is 1. The van der Waals surface area contributed by atoms with E-state index in [4.69, 9.17) is 14.2 Å². The molecule has 4 heterocycles. The number of nitrogens with zero attached hydrogens (tertiary/aromatic N) is 5. The van der Waals surface area contributed by atoms with Gasteiger partial charge in [0.25, 0.3) is 11.8 Å². The number of methoxy groups -OCH3 is 2. The Bertz CT molecular complexity index is 1720. The Kier molecular flexibility index (Phi) is 6.67. The number of fused-ring (bicyclic) bond motifs is 1. The first-order chi connectivity index (χ1) is 18.8. The summed E-state index contributed by atoms with van der Waals surface area (Å²) in [5, 5.41) is 17.6. The zero-order valence-corrected chi connectivity index (χ0v) is 21.4. The minimum Gasteiger partial charge on any atom is -0.506 e. The van der Waals surface area contributed by atoms with E-state index in [0.717, 1.165) is 6.07 Å². The average Bonchev–Trinajstić information content (AvgIpc) is 3.34. The number of rotatable bonds is 7. The molecule has 0 atom stereocenters. The van der Waals surface area contributed by atoms with Crippen LogP contribution in [-0.4, -0.2) is 50.0 Å². The molecule has 0 aliphatic rings. The van der Waals surface area contributed by atoms with Crippen LogP contribution in [0.3, 0.4) is 0 Å². The predicted molar refractivity (Wildman–Crippen MR) is 140 cm³/mol. The average molecular weight is 531 g/mol. The number of aromatic nitrogens is 5. The molecule has 1 aromatic carbocycles. The summed E-state index contributed by atoms with van der Waals surface area (Å²) in [6, 6.07) is 8.83. The summed E-state index contributed by atoms with van der Waals surface area (Å²) in [6.07, 6.45) is 4.34. The number of halogens is 1. The number of amides is 1. The van der Waals surface area contributed by atoms with Crippen LogP contribution < -0.4 is 19.5 Å². The summed E-state index contributed by atoms with van der Waals surface area (Å²) < 4.78 is 32.9. The Hall–Kier alpha value is -5.26. The predicted octanol–water partition coefficient (Wildman–Crippen LogP) is 4.64. The van der Waals surface area contributed by atoms with Gasteiger partial charge in [-0.05, 0) is 25.1 Å². The number of carbonyl (C=O) groups excluding carboxylic acids is 1. The highest BCUT2D eigenvalue weighted by Crippen LogP contribution is 2.36. The molecule has 0 saturated carbocycles. The lowest BCUT2D eigenvalue weighted by atomic mass is 10.1. The van der Waals surface area contributed by atoms with Gasteiger partial charge in [0.2, 0.25) is 0 Å². The van der Waals surface area contributed by atoms with E-state index >= 15 is 4.39 Å². The zero-order valence-electron chi connectivity index (χ0n) is 21.4. The zero-order chi connectivity index (χ0) is 27.7. The molecule has 0 aliphatic carbocycles. The van der Waals surface area contributed by atoms with Crippen molar-refractivity contribution >= 4 is 22.6 Å². The van der Waals surface area contributed by atoms with E-state index in [1.165, 1.54) is 38.7 Å². The molecule has 0 unspecified atom stereocenters. The highest BCUT2D eigenvalue weighted by Gasteiger charge is 2.21. The molecule has 0 saturated heterocycles. The highest BCUT2D eigenvalue weighted by atomic mass is 19.1. The van der Waals surface area contributed by atoms with Gasteiger partial charge in [-0.3, -0.25) is 19.4 Å². The van der Waals surface area contributed by atoms with Crippen LogP contribution in [0.2, 0.25) is 0 Å². The Morgan fingerprint density at radius 1 is 1.03 bits per heavy atom. The molecule has 11 nitrogen and oxygen atoms in total. The minimum atomic E-state index is -0.736. The minimum absolute atomic E-state index is 0.0729. The number of ether oxygens (including phenoxy) is 3. The van der Waals surface area contributed by atoms with Crippen molar-refractivity contribution in [1.29, 1.82) is 0 Å². The highest BCUT2D eigenvalue weighted by molar-refractivity contribution is 6.07. The summed E-state index contributed by atoms with van der Waals surface area (Å²) >= 11 is 0. The van der Waals surface area contributed by atoms with Gasteiger partial charge >= 0.3 is 0 Å². The molecule has 4 aromatic heterocycles. The normalized spacial score (nSPS) is 10.9. The molecular formula is C27H23FN6O5. The largest absolute Gasteiger partial charge is 0.506 e. The van der Waals surface area contributed by atoms with Gasteiger partial charge < -0.3 is 24.6 Å². The third kappa shape index (κ3) is 4.75. The van der Waals surface area contributed by atoms with Gasteiger partial charge in [-0.25, -0.2) is 9.37 Å². The van der Waals surface area contributed by atoms with Crippen molar-refractivity contribution in [3.05, 3.63) is 72.1 Å². The molecule has 0 bridgehead atoms. The first-order valence-electron chi connectivity index (χ1n) is 11.6. The van der Waals surface area contributed by atoms with Crippen molar-refractivity contribution < 1.29 is 28.5 Å². The summed E-state index contributed by atoms with van der Waals surface area (Å²) in [7, 11) is 4.65. The van der Waals surface area contributed by atoms with Crippen molar-refractivity contribution in [2.75, 3.05) is 19.5 Å². The van der Waals surface area contributed by atoms with Crippen LogP contribution in [0.5, 0.6) is 28.9 Å². The van der Waals surface area contributed by atoms with E-state index in [1.54, 1.807) is 43.0 Å². The molecule has 0 radical (unpaired) electrons. The first kappa shape index (κ1) is 25.4. The first-order valence-corrected chi connectivity index (χ1v) is 11.6. The number of anilines is 1. The molecule has 12 heteroatoms. The van der Waals surface area contributed by atoms with Crippen molar-refractivity contribution in [3.8, 4) is 40.1 Å². The Morgan fingerprint density at radius 2 is 1.85 bits per heavy atom. The van der Waals surface area contributed by atoms with Gasteiger partial charge in [0.1, 0.15) is 16.8 Å². The molecule has 0 spiro atoms. The van der Waals surface area contributed by atoms with Crippen molar-refractivity contribution in [2.45, 2.75) is 6.92 Å². The quantitative estimate of drug-likeness (QED) is 0.309. The Balaban J connectivity index is 1.40. The van der Waals surface area contributed by atoms with Crippen LogP contribution in [-0.2, 0) is 7.05 Å². The lowest BCUT2D eigenvalue weighted by Gasteiger charge is -2.14. The fraction of sp³-hybridized carbons (Fsp3) is 0.148. The van der Waals surface area contributed by atoms with Gasteiger partial charge in [-0.1, -0.05) is 0 Å². The van der Waals surface area contributed by atoms with Crippen molar-refractivity contribution in [2.24, 2.45) is 7.05 Å². The SMILES string of the molecule is COc1cc2nccc(Oc3ccc(NC(=O)c4cnc(C)c(-c5ccnn5C)c4O)cc3F)c2nc1OC. The molecule has 5 aromatic rings. The van der Waals surface area contributed by atoms with Gasteiger partial charge in [0.15, 0.2) is 23.1 Å². The van der Waals surface area contributed by atoms with Crippen LogP contribution in [0.4, 0.5) is 10.1 Å². The molecule has 1 amide bonds. The fourth-order valence-corrected chi connectivity index (χ4v) is 4.05. The molecule has 0 fully saturated rings. The molecule has 0 aliphatic heterocycles. The van der Waals surface area contributed by atoms with E-state index in [1.807, 2.05) is 0 Å². The number of pyridine rings is 3. The molecule has 5 rings (SSSR count). The maximum atomic E-state index is 15.1. The van der Waals surface area contributed by atoms with Gasteiger partial charge in [0, 0.05) is 49.5 Å². The molecule has 198 valence electrons. The number of aryl methyl sites for hydroxylation is 2. The lowest BCUT2D eigenvalue weighted by molar-refractivity contribution is 0.102. The standard InChI is InChI=1S/C27H23FN6O5/c1-14-23(19-7-10-31-34(19)2)25(35)16(13-30-14)26(36)32-15-5-6-20(17(28)11-15)39-21-8-9-29-18-12-22(37-3)27(38-4)33-24(18)21/h5-13H,1-4H3,(H,30,35)(H,32,36). The third-order valence-electron chi connectivity index (χ3n) is 5.99. The van der Waals surface area contributed by atoms with E-state index < -0.39 is 11.7 Å². The van der Waals surface area contributed by atoms with E-state index in [2.05, 4.69) is 25.4 Å².